The van der Waals surface area contributed by atoms with E-state index < -0.39 is 0 Å². The maximum absolute atomic E-state index is 10.5. The number of rotatable bonds is 2. The number of fused-ring (bicyclic) bond motifs is 4. The standard InChI is InChI=1S/C26H16IN3O/c27-20-14-19-17-10-5-7-13-22(17)30(23(19)15-24(20)31)26-28-21-12-6-4-11-18(21)25(29-26)16-8-2-1-3-9-16/h1-15,31H. The highest BCUT2D eigenvalue weighted by atomic mass is 127. The molecule has 6 aromatic rings. The van der Waals surface area contributed by atoms with Gasteiger partial charge in [0, 0.05) is 27.8 Å². The number of aromatic nitrogens is 3. The topological polar surface area (TPSA) is 50.9 Å². The minimum atomic E-state index is 0.251. The number of hydrogen-bond acceptors (Lipinski definition) is 3. The van der Waals surface area contributed by atoms with Gasteiger partial charge in [0.05, 0.1) is 25.8 Å². The van der Waals surface area contributed by atoms with Crippen molar-refractivity contribution in [1.29, 1.82) is 0 Å². The zero-order chi connectivity index (χ0) is 20.9. The van der Waals surface area contributed by atoms with E-state index in [9.17, 15) is 5.11 Å². The molecule has 0 saturated carbocycles. The summed E-state index contributed by atoms with van der Waals surface area (Å²) >= 11 is 2.16. The van der Waals surface area contributed by atoms with Crippen LogP contribution in [0.15, 0.2) is 91.0 Å². The molecule has 0 spiro atoms. The van der Waals surface area contributed by atoms with E-state index in [1.54, 1.807) is 6.07 Å². The van der Waals surface area contributed by atoms with Crippen LogP contribution in [0.5, 0.6) is 5.75 Å². The molecule has 0 radical (unpaired) electrons. The van der Waals surface area contributed by atoms with E-state index in [4.69, 9.17) is 9.97 Å². The smallest absolute Gasteiger partial charge is 0.235 e. The Kier molecular flexibility index (Phi) is 4.17. The Balaban J connectivity index is 1.76. The predicted octanol–water partition coefficient (Wildman–Crippen LogP) is 6.70. The normalized spacial score (nSPS) is 11.5. The van der Waals surface area contributed by atoms with E-state index in [1.807, 2.05) is 59.2 Å². The average molecular weight is 513 g/mol. The highest BCUT2D eigenvalue weighted by Gasteiger charge is 2.18. The molecule has 0 bridgehead atoms. The lowest BCUT2D eigenvalue weighted by Gasteiger charge is -2.11. The lowest BCUT2D eigenvalue weighted by Crippen LogP contribution is -2.03. The number of halogens is 1. The molecule has 0 aliphatic heterocycles. The van der Waals surface area contributed by atoms with Crippen LogP contribution < -0.4 is 0 Å². The first kappa shape index (κ1) is 18.3. The van der Waals surface area contributed by atoms with Gasteiger partial charge in [-0.05, 0) is 40.8 Å². The van der Waals surface area contributed by atoms with E-state index in [-0.39, 0.29) is 5.75 Å². The van der Waals surface area contributed by atoms with Gasteiger partial charge in [-0.25, -0.2) is 9.97 Å². The van der Waals surface area contributed by atoms with Crippen molar-refractivity contribution in [2.24, 2.45) is 0 Å². The van der Waals surface area contributed by atoms with E-state index in [1.165, 1.54) is 0 Å². The van der Waals surface area contributed by atoms with Crippen LogP contribution in [-0.4, -0.2) is 19.6 Å². The fraction of sp³-hybridized carbons (Fsp3) is 0. The minimum absolute atomic E-state index is 0.251. The summed E-state index contributed by atoms with van der Waals surface area (Å²) in [6.45, 7) is 0. The second-order valence-electron chi connectivity index (χ2n) is 7.43. The Bertz CT molecular complexity index is 1610. The van der Waals surface area contributed by atoms with Crippen molar-refractivity contribution in [3.63, 3.8) is 0 Å². The minimum Gasteiger partial charge on any atom is -0.507 e. The maximum Gasteiger partial charge on any atom is 0.235 e. The number of para-hydroxylation sites is 2. The molecule has 2 heterocycles. The molecule has 148 valence electrons. The van der Waals surface area contributed by atoms with Gasteiger partial charge in [0.1, 0.15) is 5.75 Å². The van der Waals surface area contributed by atoms with Gasteiger partial charge < -0.3 is 5.11 Å². The molecule has 5 heteroatoms. The van der Waals surface area contributed by atoms with Crippen LogP contribution in [0.1, 0.15) is 0 Å². The van der Waals surface area contributed by atoms with E-state index in [0.29, 0.717) is 5.95 Å². The second-order valence-corrected chi connectivity index (χ2v) is 8.59. The van der Waals surface area contributed by atoms with Gasteiger partial charge in [0.25, 0.3) is 0 Å². The maximum atomic E-state index is 10.5. The molecule has 0 fully saturated rings. The van der Waals surface area contributed by atoms with Crippen LogP contribution in [-0.2, 0) is 0 Å². The number of aromatic hydroxyl groups is 1. The van der Waals surface area contributed by atoms with Gasteiger partial charge in [-0.15, -0.1) is 0 Å². The summed E-state index contributed by atoms with van der Waals surface area (Å²) in [5.74, 6) is 0.839. The van der Waals surface area contributed by atoms with Crippen LogP contribution in [0.4, 0.5) is 0 Å². The van der Waals surface area contributed by atoms with E-state index in [2.05, 4.69) is 52.9 Å². The van der Waals surface area contributed by atoms with Crippen molar-refractivity contribution in [2.45, 2.75) is 0 Å². The second kappa shape index (κ2) is 7.06. The summed E-state index contributed by atoms with van der Waals surface area (Å²) in [7, 11) is 0. The molecule has 6 rings (SSSR count). The summed E-state index contributed by atoms with van der Waals surface area (Å²) < 4.78 is 2.86. The first-order chi connectivity index (χ1) is 15.2. The van der Waals surface area contributed by atoms with Gasteiger partial charge in [-0.2, -0.15) is 0 Å². The molecule has 1 N–H and O–H groups in total. The summed E-state index contributed by atoms with van der Waals surface area (Å²) in [4.78, 5) is 9.96. The van der Waals surface area contributed by atoms with E-state index >= 15 is 0 Å². The van der Waals surface area contributed by atoms with Gasteiger partial charge in [-0.1, -0.05) is 66.7 Å². The summed E-state index contributed by atoms with van der Waals surface area (Å²) in [5, 5.41) is 13.6. The molecular formula is C26H16IN3O. The molecule has 31 heavy (non-hydrogen) atoms. The highest BCUT2D eigenvalue weighted by molar-refractivity contribution is 14.1. The SMILES string of the molecule is Oc1cc2c(cc1I)c1ccccc1n2-c1nc(-c2ccccc2)c2ccccc2n1. The summed E-state index contributed by atoms with van der Waals surface area (Å²) in [5.41, 5.74) is 4.70. The third-order valence-electron chi connectivity index (χ3n) is 5.58. The Morgan fingerprint density at radius 2 is 1.39 bits per heavy atom. The van der Waals surface area contributed by atoms with Crippen LogP contribution in [0.3, 0.4) is 0 Å². The molecule has 0 atom stereocenters. The van der Waals surface area contributed by atoms with E-state index in [0.717, 1.165) is 47.5 Å². The third kappa shape index (κ3) is 2.88. The molecule has 0 unspecified atom stereocenters. The number of nitrogens with zero attached hydrogens (tertiary/aromatic N) is 3. The molecular weight excluding hydrogens is 497 g/mol. The first-order valence-corrected chi connectivity index (χ1v) is 11.0. The fourth-order valence-electron chi connectivity index (χ4n) is 4.17. The van der Waals surface area contributed by atoms with Gasteiger partial charge >= 0.3 is 0 Å². The lowest BCUT2D eigenvalue weighted by atomic mass is 10.1. The number of hydrogen-bond donors (Lipinski definition) is 1. The number of phenolic OH excluding ortho intramolecular Hbond substituents is 1. The summed E-state index contributed by atoms with van der Waals surface area (Å²) in [6.07, 6.45) is 0. The van der Waals surface area contributed by atoms with Gasteiger partial charge in [0.2, 0.25) is 5.95 Å². The Morgan fingerprint density at radius 1 is 0.677 bits per heavy atom. The van der Waals surface area contributed by atoms with Crippen LogP contribution >= 0.6 is 22.6 Å². The number of benzene rings is 4. The van der Waals surface area contributed by atoms with Crippen LogP contribution in [0.25, 0.3) is 49.9 Å². The zero-order valence-electron chi connectivity index (χ0n) is 16.3. The quantitative estimate of drug-likeness (QED) is 0.262. The Morgan fingerprint density at radius 3 is 2.23 bits per heavy atom. The molecule has 4 nitrogen and oxygen atoms in total. The molecule has 0 aliphatic rings. The van der Waals surface area contributed by atoms with Crippen molar-refractivity contribution in [2.75, 3.05) is 0 Å². The first-order valence-electron chi connectivity index (χ1n) is 9.95. The van der Waals surface area contributed by atoms with Gasteiger partial charge in [0.15, 0.2) is 0 Å². The van der Waals surface area contributed by atoms with Crippen molar-refractivity contribution in [3.05, 3.63) is 94.6 Å². The molecule has 4 aromatic carbocycles. The fourth-order valence-corrected chi connectivity index (χ4v) is 4.64. The van der Waals surface area contributed by atoms with Crippen molar-refractivity contribution >= 4 is 55.3 Å². The Hall–Kier alpha value is -3.45. The monoisotopic (exact) mass is 513 g/mol. The summed E-state index contributed by atoms with van der Waals surface area (Å²) in [6, 6.07) is 30.3. The Labute approximate surface area is 192 Å². The predicted molar refractivity (Wildman–Crippen MR) is 134 cm³/mol. The van der Waals surface area contributed by atoms with Crippen molar-refractivity contribution < 1.29 is 5.11 Å². The zero-order valence-corrected chi connectivity index (χ0v) is 18.5. The van der Waals surface area contributed by atoms with Crippen LogP contribution in [0, 0.1) is 3.57 Å². The van der Waals surface area contributed by atoms with Crippen molar-refractivity contribution in [1.82, 2.24) is 14.5 Å². The molecule has 2 aromatic heterocycles. The molecule has 0 amide bonds. The molecule has 0 saturated heterocycles. The lowest BCUT2D eigenvalue weighted by molar-refractivity contribution is 0.472. The average Bonchev–Trinajstić information content (AvgIpc) is 3.12. The third-order valence-corrected chi connectivity index (χ3v) is 6.44. The largest absolute Gasteiger partial charge is 0.507 e. The molecule has 0 aliphatic carbocycles. The van der Waals surface area contributed by atoms with Crippen LogP contribution in [0.2, 0.25) is 0 Å². The van der Waals surface area contributed by atoms with Gasteiger partial charge in [-0.3, -0.25) is 4.57 Å². The number of phenols is 1. The van der Waals surface area contributed by atoms with Crippen molar-refractivity contribution in [3.8, 4) is 23.0 Å². The highest BCUT2D eigenvalue weighted by Crippen LogP contribution is 2.36.